The fraction of sp³-hybridized carbons (Fsp3) is 0.308. The van der Waals surface area contributed by atoms with E-state index in [1.165, 1.54) is 18.2 Å². The molecule has 0 bridgehead atoms. The van der Waals surface area contributed by atoms with E-state index < -0.39 is 10.0 Å². The van der Waals surface area contributed by atoms with Crippen molar-refractivity contribution in [2.75, 3.05) is 19.4 Å². The van der Waals surface area contributed by atoms with Crippen LogP contribution in [0.3, 0.4) is 0 Å². The third kappa shape index (κ3) is 5.48. The molecule has 3 N–H and O–H groups in total. The topological polar surface area (TPSA) is 139 Å². The normalized spacial score (nSPS) is 12.2. The zero-order valence-electron chi connectivity index (χ0n) is 13.4. The summed E-state index contributed by atoms with van der Waals surface area (Å²) in [6, 6.07) is 4.11. The van der Waals surface area contributed by atoms with Crippen molar-refractivity contribution in [3.05, 3.63) is 35.3 Å². The highest BCUT2D eigenvalue weighted by Crippen LogP contribution is 2.19. The molecule has 0 saturated heterocycles. The van der Waals surface area contributed by atoms with Gasteiger partial charge in [-0.1, -0.05) is 0 Å². The number of halogens is 1. The van der Waals surface area contributed by atoms with Crippen LogP contribution in [0.4, 0.5) is 10.1 Å². The number of ether oxygens (including phenoxy) is 1. The van der Waals surface area contributed by atoms with Crippen molar-refractivity contribution in [3.8, 4) is 5.88 Å². The van der Waals surface area contributed by atoms with Gasteiger partial charge in [-0.2, -0.15) is 0 Å². The van der Waals surface area contributed by atoms with Crippen molar-refractivity contribution in [1.29, 1.82) is 0 Å². The second-order valence-corrected chi connectivity index (χ2v) is 6.77. The Morgan fingerprint density at radius 2 is 2.20 bits per heavy atom. The molecular weight excluding hydrogens is 357 g/mol. The Kier molecular flexibility index (Phi) is 6.01. The van der Waals surface area contributed by atoms with Gasteiger partial charge < -0.3 is 4.74 Å². The Balaban J connectivity index is 2.14. The maximum Gasteiger partial charge on any atom is 0.287 e. The molecule has 0 aliphatic rings. The van der Waals surface area contributed by atoms with Gasteiger partial charge in [0.25, 0.3) is 5.88 Å². The van der Waals surface area contributed by atoms with Gasteiger partial charge in [-0.15, -0.1) is 0 Å². The third-order valence-electron chi connectivity index (χ3n) is 2.88. The Labute approximate surface area is 142 Å². The van der Waals surface area contributed by atoms with Crippen LogP contribution in [0.25, 0.3) is 0 Å². The molecule has 136 valence electrons. The average Bonchev–Trinajstić information content (AvgIpc) is 3.00. The number of hydrogen-bond acceptors (Lipinski definition) is 8. The van der Waals surface area contributed by atoms with Crippen molar-refractivity contribution < 1.29 is 27.4 Å². The minimum atomic E-state index is -3.34. The zero-order valence-corrected chi connectivity index (χ0v) is 14.2. The number of hydroxylamine groups is 1. The van der Waals surface area contributed by atoms with Gasteiger partial charge in [-0.05, 0) is 41.0 Å². The summed E-state index contributed by atoms with van der Waals surface area (Å²) in [6.07, 6.45) is 1.02. The van der Waals surface area contributed by atoms with Crippen LogP contribution in [0.15, 0.2) is 27.8 Å². The minimum Gasteiger partial charge on any atom is -0.472 e. The van der Waals surface area contributed by atoms with Gasteiger partial charge in [0.05, 0.1) is 11.9 Å². The van der Waals surface area contributed by atoms with Crippen LogP contribution >= 0.6 is 0 Å². The first-order chi connectivity index (χ1) is 11.8. The van der Waals surface area contributed by atoms with Crippen molar-refractivity contribution >= 4 is 21.5 Å². The fourth-order valence-corrected chi connectivity index (χ4v) is 2.21. The predicted octanol–water partition coefficient (Wildman–Crippen LogP) is 0.502. The molecule has 0 radical (unpaired) electrons. The summed E-state index contributed by atoms with van der Waals surface area (Å²) < 4.78 is 47.3. The number of aryl methyl sites for hydroxylation is 1. The van der Waals surface area contributed by atoms with E-state index in [1.54, 1.807) is 6.92 Å². The summed E-state index contributed by atoms with van der Waals surface area (Å²) >= 11 is 0. The lowest BCUT2D eigenvalue weighted by molar-refractivity contribution is 0.233. The first kappa shape index (κ1) is 18.8. The number of nitrogens with one attached hydrogen (secondary N) is 2. The fourth-order valence-electron chi connectivity index (χ4n) is 1.75. The van der Waals surface area contributed by atoms with Crippen molar-refractivity contribution in [2.45, 2.75) is 6.92 Å². The number of nitrogens with zero attached hydrogens (tertiary/aromatic N) is 3. The highest BCUT2D eigenvalue weighted by atomic mass is 32.2. The summed E-state index contributed by atoms with van der Waals surface area (Å²) in [5.74, 6) is -0.629. The highest BCUT2D eigenvalue weighted by molar-refractivity contribution is 7.88. The smallest absolute Gasteiger partial charge is 0.287 e. The summed E-state index contributed by atoms with van der Waals surface area (Å²) in [5, 5.41) is 16.4. The highest BCUT2D eigenvalue weighted by Gasteiger charge is 2.18. The lowest BCUT2D eigenvalue weighted by Gasteiger charge is -2.06. The van der Waals surface area contributed by atoms with E-state index in [-0.39, 0.29) is 36.4 Å². The van der Waals surface area contributed by atoms with E-state index in [1.807, 2.05) is 5.48 Å². The van der Waals surface area contributed by atoms with Crippen LogP contribution < -0.4 is 14.9 Å². The molecule has 0 unspecified atom stereocenters. The molecule has 2 aromatic rings. The van der Waals surface area contributed by atoms with Crippen LogP contribution in [-0.4, -0.2) is 49.2 Å². The van der Waals surface area contributed by atoms with Crippen LogP contribution in [0.2, 0.25) is 0 Å². The van der Waals surface area contributed by atoms with E-state index >= 15 is 0 Å². The molecule has 1 heterocycles. The summed E-state index contributed by atoms with van der Waals surface area (Å²) in [7, 11) is -3.34. The van der Waals surface area contributed by atoms with Gasteiger partial charge in [0.15, 0.2) is 5.84 Å². The quantitative estimate of drug-likeness (QED) is 0.276. The molecule has 10 nitrogen and oxygen atoms in total. The van der Waals surface area contributed by atoms with Crippen molar-refractivity contribution in [1.82, 2.24) is 20.5 Å². The molecule has 1 aromatic heterocycles. The first-order valence-corrected chi connectivity index (χ1v) is 8.84. The molecule has 0 fully saturated rings. The molecule has 25 heavy (non-hydrogen) atoms. The predicted molar refractivity (Wildman–Crippen MR) is 84.9 cm³/mol. The van der Waals surface area contributed by atoms with Crippen LogP contribution in [-0.2, 0) is 10.0 Å². The van der Waals surface area contributed by atoms with Crippen molar-refractivity contribution in [3.63, 3.8) is 0 Å². The van der Waals surface area contributed by atoms with Crippen molar-refractivity contribution in [2.24, 2.45) is 4.99 Å². The number of hydrogen-bond donors (Lipinski definition) is 3. The molecule has 1 aromatic carbocycles. The lowest BCUT2D eigenvalue weighted by Crippen LogP contribution is -2.27. The Bertz CT molecular complexity index is 867. The monoisotopic (exact) mass is 373 g/mol. The van der Waals surface area contributed by atoms with Gasteiger partial charge in [0, 0.05) is 6.54 Å². The number of rotatable bonds is 7. The molecule has 0 amide bonds. The largest absolute Gasteiger partial charge is 0.472 e. The molecule has 2 rings (SSSR count). The maximum atomic E-state index is 13.3. The third-order valence-corrected chi connectivity index (χ3v) is 3.60. The molecular formula is C13H16FN5O5S. The summed E-state index contributed by atoms with van der Waals surface area (Å²) in [5.41, 5.74) is 2.53. The minimum absolute atomic E-state index is 0.00131. The second kappa shape index (κ2) is 8.00. The number of aliphatic imine (C=N–C) groups is 1. The van der Waals surface area contributed by atoms with Crippen LogP contribution in [0.5, 0.6) is 5.88 Å². The van der Waals surface area contributed by atoms with Gasteiger partial charge >= 0.3 is 0 Å². The average molecular weight is 373 g/mol. The molecule has 0 spiro atoms. The van der Waals surface area contributed by atoms with E-state index in [0.29, 0.717) is 11.3 Å². The first-order valence-electron chi connectivity index (χ1n) is 6.95. The zero-order chi connectivity index (χ0) is 18.4. The van der Waals surface area contributed by atoms with E-state index in [4.69, 9.17) is 4.74 Å². The Morgan fingerprint density at radius 3 is 2.84 bits per heavy atom. The second-order valence-electron chi connectivity index (χ2n) is 4.94. The van der Waals surface area contributed by atoms with E-state index in [0.717, 1.165) is 6.26 Å². The standard InChI is InChI=1S/C13H16FN5O5S/c1-8-7-9(3-4-10(8)14)16-12(17-20)11-13(19-24-18-11)23-6-5-15-25(2,21)22/h3-4,7,15,20H,5-6H2,1-2H3,(H,16,17). The maximum absolute atomic E-state index is 13.3. The number of aromatic nitrogens is 2. The van der Waals surface area contributed by atoms with Crippen LogP contribution in [0.1, 0.15) is 11.3 Å². The Hall–Kier alpha value is -2.57. The summed E-state index contributed by atoms with van der Waals surface area (Å²) in [4.78, 5) is 4.08. The number of amidine groups is 1. The van der Waals surface area contributed by atoms with Crippen LogP contribution in [0, 0.1) is 12.7 Å². The number of benzene rings is 1. The van der Waals surface area contributed by atoms with E-state index in [9.17, 15) is 18.0 Å². The molecule has 12 heteroatoms. The number of sulfonamides is 1. The lowest BCUT2D eigenvalue weighted by atomic mass is 10.2. The SMILES string of the molecule is Cc1cc(N=C(NO)c2nonc2OCCNS(C)(=O)=O)ccc1F. The van der Waals surface area contributed by atoms with Gasteiger partial charge in [0.1, 0.15) is 12.4 Å². The van der Waals surface area contributed by atoms with Gasteiger partial charge in [-0.25, -0.2) is 27.2 Å². The van der Waals surface area contributed by atoms with E-state index in [2.05, 4.69) is 24.7 Å². The molecule has 0 saturated carbocycles. The van der Waals surface area contributed by atoms with Gasteiger partial charge in [-0.3, -0.25) is 10.7 Å². The molecule has 0 atom stereocenters. The molecule has 0 aliphatic carbocycles. The Morgan fingerprint density at radius 1 is 1.44 bits per heavy atom. The summed E-state index contributed by atoms with van der Waals surface area (Å²) in [6.45, 7) is 1.52. The molecule has 0 aliphatic heterocycles. The van der Waals surface area contributed by atoms with Gasteiger partial charge in [0.2, 0.25) is 15.7 Å².